The summed E-state index contributed by atoms with van der Waals surface area (Å²) >= 11 is 0. The van der Waals surface area contributed by atoms with Crippen molar-refractivity contribution in [3.63, 3.8) is 0 Å². The SMILES string of the molecule is CC.CC.Cc1cnc(N2CC3CC2(C(F)F)C3)nc1.Cc1cnc(N2CC3CC2C3)nc1. The molecular formula is C25H38F2N6. The van der Waals surface area contributed by atoms with E-state index in [9.17, 15) is 8.78 Å². The van der Waals surface area contributed by atoms with E-state index < -0.39 is 12.0 Å². The fourth-order valence-electron chi connectivity index (χ4n) is 5.14. The molecule has 0 aromatic carbocycles. The number of fused-ring (bicyclic) bond motifs is 2. The summed E-state index contributed by atoms with van der Waals surface area (Å²) in [6, 6.07) is 0.743. The molecule has 8 heteroatoms. The van der Waals surface area contributed by atoms with Gasteiger partial charge in [-0.05, 0) is 62.5 Å². The van der Waals surface area contributed by atoms with Crippen LogP contribution in [0.4, 0.5) is 20.7 Å². The molecule has 6 nitrogen and oxygen atoms in total. The molecule has 8 rings (SSSR count). The zero-order valence-corrected chi connectivity index (χ0v) is 20.8. The maximum absolute atomic E-state index is 13.1. The predicted molar refractivity (Wildman–Crippen MR) is 129 cm³/mol. The van der Waals surface area contributed by atoms with Gasteiger partial charge in [0.15, 0.2) is 0 Å². The Labute approximate surface area is 196 Å². The number of anilines is 2. The third-order valence-electron chi connectivity index (χ3n) is 6.81. The van der Waals surface area contributed by atoms with Crippen molar-refractivity contribution in [1.29, 1.82) is 0 Å². The summed E-state index contributed by atoms with van der Waals surface area (Å²) in [5.74, 6) is 2.70. The highest BCUT2D eigenvalue weighted by molar-refractivity contribution is 5.43. The largest absolute Gasteiger partial charge is 0.338 e. The first kappa shape index (κ1) is 25.2. The van der Waals surface area contributed by atoms with Crippen LogP contribution < -0.4 is 9.80 Å². The van der Waals surface area contributed by atoms with Gasteiger partial charge in [0.05, 0.1) is 0 Å². The molecule has 2 aromatic heterocycles. The molecule has 0 atom stereocenters. The number of rotatable bonds is 3. The van der Waals surface area contributed by atoms with E-state index in [4.69, 9.17) is 0 Å². The van der Waals surface area contributed by atoms with Crippen LogP contribution >= 0.6 is 0 Å². The van der Waals surface area contributed by atoms with Crippen molar-refractivity contribution in [3.8, 4) is 0 Å². The minimum Gasteiger partial charge on any atom is -0.338 e. The van der Waals surface area contributed by atoms with Crippen LogP contribution in [0.15, 0.2) is 24.8 Å². The minimum absolute atomic E-state index is 0.402. The molecule has 0 spiro atoms. The van der Waals surface area contributed by atoms with Gasteiger partial charge in [0, 0.05) is 43.9 Å². The van der Waals surface area contributed by atoms with Gasteiger partial charge in [-0.3, -0.25) is 0 Å². The molecule has 2 saturated carbocycles. The highest BCUT2D eigenvalue weighted by Gasteiger charge is 2.62. The number of hydrogen-bond acceptors (Lipinski definition) is 6. The smallest absolute Gasteiger partial charge is 0.261 e. The summed E-state index contributed by atoms with van der Waals surface area (Å²) in [5, 5.41) is 0. The number of hydrogen-bond donors (Lipinski definition) is 0. The van der Waals surface area contributed by atoms with Crippen LogP contribution in [0.3, 0.4) is 0 Å². The number of nitrogens with zero attached hydrogens (tertiary/aromatic N) is 6. The van der Waals surface area contributed by atoms with E-state index in [2.05, 4.69) is 24.8 Å². The highest BCUT2D eigenvalue weighted by Crippen LogP contribution is 2.54. The summed E-state index contributed by atoms with van der Waals surface area (Å²) in [6.45, 7) is 13.8. The second-order valence-electron chi connectivity index (χ2n) is 9.05. The lowest BCUT2D eigenvalue weighted by Gasteiger charge is -2.41. The molecule has 4 bridgehead atoms. The molecule has 2 aromatic rings. The Bertz CT molecular complexity index is 861. The molecule has 2 aliphatic carbocycles. The lowest BCUT2D eigenvalue weighted by molar-refractivity contribution is 0.0124. The monoisotopic (exact) mass is 460 g/mol. The normalized spacial score (nSPS) is 27.8. The van der Waals surface area contributed by atoms with Crippen LogP contribution in [0.1, 0.15) is 64.5 Å². The maximum Gasteiger partial charge on any atom is 0.261 e. The predicted octanol–water partition coefficient (Wildman–Crippen LogP) is 5.45. The summed E-state index contributed by atoms with van der Waals surface area (Å²) in [7, 11) is 0. The minimum atomic E-state index is -2.31. The topological polar surface area (TPSA) is 58.0 Å². The Balaban J connectivity index is 0.000000164. The summed E-state index contributed by atoms with van der Waals surface area (Å²) in [4.78, 5) is 21.0. The van der Waals surface area contributed by atoms with Crippen LogP contribution in [0, 0.1) is 25.7 Å². The van der Waals surface area contributed by atoms with Crippen molar-refractivity contribution < 1.29 is 8.78 Å². The second kappa shape index (κ2) is 10.7. The Hall–Kier alpha value is -2.38. The fourth-order valence-corrected chi connectivity index (χ4v) is 5.14. The standard InChI is InChI=1S/C11H13F2N3.C10H13N3.2C2H6/c1-7-4-14-10(15-5-7)16-6-8-2-11(16,3-8)9(12)13;1-7-4-11-10(12-5-7)13-6-8-2-9(13)3-8;2*1-2/h4-5,8-9H,2-3,6H2,1H3;4-5,8-9H,2-3,6H2,1H3;2*1-2H3. The van der Waals surface area contributed by atoms with Crippen molar-refractivity contribution in [2.45, 2.75) is 85.2 Å². The number of aryl methyl sites for hydroxylation is 2. The molecule has 33 heavy (non-hydrogen) atoms. The molecule has 6 heterocycles. The Morgan fingerprint density at radius 1 is 0.788 bits per heavy atom. The maximum atomic E-state index is 13.1. The van der Waals surface area contributed by atoms with Gasteiger partial charge in [-0.25, -0.2) is 28.7 Å². The van der Waals surface area contributed by atoms with Crippen LogP contribution in [0.2, 0.25) is 0 Å². The lowest BCUT2D eigenvalue weighted by Crippen LogP contribution is -2.52. The summed E-state index contributed by atoms with van der Waals surface area (Å²) < 4.78 is 26.2. The molecule has 0 N–H and O–H groups in total. The summed E-state index contributed by atoms with van der Waals surface area (Å²) in [5.41, 5.74) is 1.11. The number of alkyl halides is 2. The van der Waals surface area contributed by atoms with Crippen LogP contribution in [-0.2, 0) is 0 Å². The molecule has 6 aliphatic rings. The molecule has 0 unspecified atom stereocenters. The zero-order chi connectivity index (χ0) is 24.2. The van der Waals surface area contributed by atoms with Gasteiger partial charge in [-0.15, -0.1) is 0 Å². The molecule has 0 amide bonds. The first-order valence-corrected chi connectivity index (χ1v) is 12.3. The fraction of sp³-hybridized carbons (Fsp3) is 0.680. The van der Waals surface area contributed by atoms with Crippen molar-refractivity contribution in [1.82, 2.24) is 19.9 Å². The highest BCUT2D eigenvalue weighted by atomic mass is 19.3. The quantitative estimate of drug-likeness (QED) is 0.607. The van der Waals surface area contributed by atoms with Crippen molar-refractivity contribution in [3.05, 3.63) is 35.9 Å². The van der Waals surface area contributed by atoms with Crippen LogP contribution in [-0.4, -0.2) is 51.0 Å². The second-order valence-corrected chi connectivity index (χ2v) is 9.05. The molecule has 0 radical (unpaired) electrons. The third kappa shape index (κ3) is 4.94. The van der Waals surface area contributed by atoms with E-state index in [1.54, 1.807) is 17.3 Å². The van der Waals surface area contributed by atoms with Gasteiger partial charge in [0.1, 0.15) is 5.54 Å². The number of halogens is 2. The van der Waals surface area contributed by atoms with Gasteiger partial charge < -0.3 is 9.80 Å². The average Bonchev–Trinajstić information content (AvgIpc) is 3.56. The molecule has 182 valence electrons. The van der Waals surface area contributed by atoms with Gasteiger partial charge in [0.2, 0.25) is 11.9 Å². The van der Waals surface area contributed by atoms with Gasteiger partial charge >= 0.3 is 0 Å². The van der Waals surface area contributed by atoms with Crippen molar-refractivity contribution >= 4 is 11.9 Å². The first-order chi connectivity index (χ1) is 15.9. The van der Waals surface area contributed by atoms with Crippen molar-refractivity contribution in [2.24, 2.45) is 11.8 Å². The van der Waals surface area contributed by atoms with E-state index in [0.717, 1.165) is 29.0 Å². The van der Waals surface area contributed by atoms with Crippen molar-refractivity contribution in [2.75, 3.05) is 22.9 Å². The van der Waals surface area contributed by atoms with E-state index in [1.165, 1.54) is 19.4 Å². The van der Waals surface area contributed by atoms with Crippen LogP contribution in [0.25, 0.3) is 0 Å². The van der Waals surface area contributed by atoms with E-state index in [-0.39, 0.29) is 0 Å². The Kier molecular flexibility index (Phi) is 8.19. The van der Waals surface area contributed by atoms with Crippen LogP contribution in [0.5, 0.6) is 0 Å². The number of aromatic nitrogens is 4. The van der Waals surface area contributed by atoms with E-state index in [1.807, 2.05) is 53.9 Å². The van der Waals surface area contributed by atoms with Gasteiger partial charge in [0.25, 0.3) is 6.43 Å². The molecule has 6 fully saturated rings. The van der Waals surface area contributed by atoms with Gasteiger partial charge in [-0.1, -0.05) is 27.7 Å². The Morgan fingerprint density at radius 3 is 1.70 bits per heavy atom. The van der Waals surface area contributed by atoms with E-state index >= 15 is 0 Å². The lowest BCUT2D eigenvalue weighted by atomic mass is 9.73. The third-order valence-corrected chi connectivity index (χ3v) is 6.81. The molecule has 4 aliphatic heterocycles. The zero-order valence-electron chi connectivity index (χ0n) is 20.8. The van der Waals surface area contributed by atoms with E-state index in [0.29, 0.717) is 31.3 Å². The first-order valence-electron chi connectivity index (χ1n) is 12.3. The molecule has 4 saturated heterocycles. The molecular weight excluding hydrogens is 422 g/mol. The van der Waals surface area contributed by atoms with Gasteiger partial charge in [-0.2, -0.15) is 0 Å². The average molecular weight is 461 g/mol. The Morgan fingerprint density at radius 2 is 1.27 bits per heavy atom. The summed E-state index contributed by atoms with van der Waals surface area (Å²) in [6.07, 6.45) is 8.74.